The number of likely N-dealkylation sites (tertiary alicyclic amines) is 1. The Morgan fingerprint density at radius 1 is 0.881 bits per heavy atom. The maximum Gasteiger partial charge on any atom is 0.216 e. The zero-order valence-electron chi connectivity index (χ0n) is 25.3. The second kappa shape index (κ2) is 15.8. The number of nitrogens with zero attached hydrogens (tertiary/aromatic N) is 1. The summed E-state index contributed by atoms with van der Waals surface area (Å²) >= 11 is 0. The number of hydrogen-bond donors (Lipinski definition) is 1. The third-order valence-corrected chi connectivity index (χ3v) is 9.62. The van der Waals surface area contributed by atoms with Crippen molar-refractivity contribution in [3.8, 4) is 5.75 Å². The molecule has 1 saturated heterocycles. The lowest BCUT2D eigenvalue weighted by Gasteiger charge is -2.50. The number of aryl methyl sites for hydroxylation is 1. The molecule has 0 radical (unpaired) electrons. The van der Waals surface area contributed by atoms with Crippen LogP contribution in [0.1, 0.15) is 80.5 Å². The van der Waals surface area contributed by atoms with Gasteiger partial charge >= 0.3 is 0 Å². The minimum absolute atomic E-state index is 0. The largest absolute Gasteiger partial charge is 0.497 e. The van der Waals surface area contributed by atoms with Crippen LogP contribution in [0.5, 0.6) is 5.75 Å². The number of halogens is 2. The molecule has 4 nitrogen and oxygen atoms in total. The summed E-state index contributed by atoms with van der Waals surface area (Å²) in [5.74, 6) is 1.03. The second-order valence-corrected chi connectivity index (χ2v) is 12.0. The number of nitrogens with one attached hydrogen (secondary N) is 1. The molecule has 0 saturated carbocycles. The number of carbonyl (C=O) groups excluding carboxylic acids is 1. The number of carbonyl (C=O) groups is 1. The third kappa shape index (κ3) is 7.70. The predicted molar refractivity (Wildman–Crippen MR) is 178 cm³/mol. The maximum absolute atomic E-state index is 11.6. The number of benzene rings is 3. The number of piperidine rings is 1. The highest BCUT2D eigenvalue weighted by Crippen LogP contribution is 2.43. The van der Waals surface area contributed by atoms with Gasteiger partial charge in [0.05, 0.1) is 7.11 Å². The van der Waals surface area contributed by atoms with Crippen LogP contribution >= 0.6 is 24.8 Å². The zero-order chi connectivity index (χ0) is 27.8. The van der Waals surface area contributed by atoms with E-state index < -0.39 is 0 Å². The molecule has 2 aliphatic rings. The summed E-state index contributed by atoms with van der Waals surface area (Å²) < 4.78 is 5.51. The molecule has 1 spiro atoms. The first kappa shape index (κ1) is 34.0. The van der Waals surface area contributed by atoms with Crippen molar-refractivity contribution >= 4 is 30.7 Å². The lowest BCUT2D eigenvalue weighted by Crippen LogP contribution is -2.55. The molecule has 6 heteroatoms. The van der Waals surface area contributed by atoms with Gasteiger partial charge in [-0.25, -0.2) is 0 Å². The van der Waals surface area contributed by atoms with Crippen LogP contribution in [0.2, 0.25) is 0 Å². The quantitative estimate of drug-likeness (QED) is 0.224. The Kier molecular flexibility index (Phi) is 12.8. The molecule has 3 aromatic rings. The van der Waals surface area contributed by atoms with Gasteiger partial charge in [0.15, 0.2) is 0 Å². The van der Waals surface area contributed by atoms with E-state index >= 15 is 0 Å². The first-order valence-corrected chi connectivity index (χ1v) is 15.3. The van der Waals surface area contributed by atoms with Crippen molar-refractivity contribution in [1.29, 1.82) is 0 Å². The minimum Gasteiger partial charge on any atom is -0.497 e. The normalized spacial score (nSPS) is 18.3. The smallest absolute Gasteiger partial charge is 0.216 e. The van der Waals surface area contributed by atoms with Crippen molar-refractivity contribution in [3.05, 3.63) is 101 Å². The van der Waals surface area contributed by atoms with Gasteiger partial charge < -0.3 is 10.1 Å². The van der Waals surface area contributed by atoms with Crippen LogP contribution in [0, 0.1) is 0 Å². The molecule has 0 bridgehead atoms. The molecule has 1 unspecified atom stereocenters. The van der Waals surface area contributed by atoms with Gasteiger partial charge in [0.25, 0.3) is 0 Å². The van der Waals surface area contributed by atoms with E-state index in [0.29, 0.717) is 0 Å². The van der Waals surface area contributed by atoms with Gasteiger partial charge in [0.1, 0.15) is 5.75 Å². The second-order valence-electron chi connectivity index (χ2n) is 12.0. The molecular formula is C36H48Cl2N2O2. The molecule has 1 atom stereocenters. The Balaban J connectivity index is 0.00000242. The number of ether oxygens (including phenoxy) is 1. The van der Waals surface area contributed by atoms with Gasteiger partial charge in [-0.05, 0) is 105 Å². The monoisotopic (exact) mass is 610 g/mol. The zero-order valence-corrected chi connectivity index (χ0v) is 26.9. The Labute approximate surface area is 265 Å². The summed E-state index contributed by atoms with van der Waals surface area (Å²) in [6, 6.07) is 28.9. The number of hydrogen-bond acceptors (Lipinski definition) is 3. The molecule has 42 heavy (non-hydrogen) atoms. The molecule has 1 aliphatic heterocycles. The molecule has 1 amide bonds. The van der Waals surface area contributed by atoms with Gasteiger partial charge in [-0.15, -0.1) is 24.8 Å². The average molecular weight is 612 g/mol. The van der Waals surface area contributed by atoms with Gasteiger partial charge in [-0.2, -0.15) is 0 Å². The molecule has 3 aromatic carbocycles. The van der Waals surface area contributed by atoms with E-state index in [9.17, 15) is 4.79 Å². The van der Waals surface area contributed by atoms with E-state index in [0.717, 1.165) is 57.4 Å². The third-order valence-electron chi connectivity index (χ3n) is 9.62. The molecule has 1 fully saturated rings. The summed E-state index contributed by atoms with van der Waals surface area (Å²) in [6.07, 6.45) is 11.7. The first-order valence-electron chi connectivity index (χ1n) is 15.3. The fourth-order valence-corrected chi connectivity index (χ4v) is 7.54. The molecule has 1 heterocycles. The molecule has 1 aliphatic carbocycles. The van der Waals surface area contributed by atoms with E-state index in [4.69, 9.17) is 4.74 Å². The van der Waals surface area contributed by atoms with Crippen molar-refractivity contribution in [3.63, 3.8) is 0 Å². The number of rotatable bonds is 11. The predicted octanol–water partition coefficient (Wildman–Crippen LogP) is 7.94. The summed E-state index contributed by atoms with van der Waals surface area (Å²) in [7, 11) is 1.76. The Hall–Kier alpha value is -2.53. The highest BCUT2D eigenvalue weighted by molar-refractivity contribution is 5.85. The highest BCUT2D eigenvalue weighted by atomic mass is 35.5. The van der Waals surface area contributed by atoms with E-state index in [1.165, 1.54) is 54.5 Å². The topological polar surface area (TPSA) is 41.6 Å². The van der Waals surface area contributed by atoms with Crippen LogP contribution in [0.25, 0.3) is 0 Å². The van der Waals surface area contributed by atoms with Crippen LogP contribution in [-0.2, 0) is 23.1 Å². The summed E-state index contributed by atoms with van der Waals surface area (Å²) in [6.45, 7) is 4.67. The van der Waals surface area contributed by atoms with E-state index in [1.54, 1.807) is 14.0 Å². The summed E-state index contributed by atoms with van der Waals surface area (Å²) in [5.41, 5.74) is 5.98. The van der Waals surface area contributed by atoms with Crippen LogP contribution in [0.15, 0.2) is 78.9 Å². The fraction of sp³-hybridized carbons (Fsp3) is 0.472. The van der Waals surface area contributed by atoms with Crippen LogP contribution in [0.4, 0.5) is 0 Å². The summed E-state index contributed by atoms with van der Waals surface area (Å²) in [5, 5.41) is 3.03. The standard InChI is InChI=1S/C36H46N2O2.2ClH/c1-29(39)37-24-11-21-36(32-13-5-3-6-14-32,33-15-7-4-8-16-33)22-12-26-38-25-10-9-20-35(38)23-19-30-27-34(40-2)18-17-31(30)28-35;;/h3-8,13-18,27H,9-12,19-26,28H2,1-2H3,(H,37,39);2*1H. The Morgan fingerprint density at radius 2 is 1.55 bits per heavy atom. The lowest BCUT2D eigenvalue weighted by atomic mass is 9.68. The van der Waals surface area contributed by atoms with Crippen molar-refractivity contribution in [2.24, 2.45) is 0 Å². The number of amides is 1. The van der Waals surface area contributed by atoms with E-state index in [1.807, 2.05) is 0 Å². The first-order chi connectivity index (χ1) is 19.5. The molecule has 0 aromatic heterocycles. The van der Waals surface area contributed by atoms with Crippen molar-refractivity contribution in [2.75, 3.05) is 26.7 Å². The van der Waals surface area contributed by atoms with Gasteiger partial charge in [-0.3, -0.25) is 9.69 Å². The van der Waals surface area contributed by atoms with Crippen LogP contribution in [-0.4, -0.2) is 43.1 Å². The minimum atomic E-state index is -0.0698. The summed E-state index contributed by atoms with van der Waals surface area (Å²) in [4.78, 5) is 14.5. The Morgan fingerprint density at radius 3 is 2.19 bits per heavy atom. The van der Waals surface area contributed by atoms with Crippen molar-refractivity contribution in [1.82, 2.24) is 10.2 Å². The van der Waals surface area contributed by atoms with E-state index in [-0.39, 0.29) is 41.7 Å². The Bertz CT molecular complexity index is 1210. The fourth-order valence-electron chi connectivity index (χ4n) is 7.54. The number of methoxy groups -OCH3 is 1. The van der Waals surface area contributed by atoms with Crippen molar-refractivity contribution in [2.45, 2.75) is 82.1 Å². The average Bonchev–Trinajstić information content (AvgIpc) is 3.00. The molecule has 5 rings (SSSR count). The van der Waals surface area contributed by atoms with E-state index in [2.05, 4.69) is 89.1 Å². The molecule has 228 valence electrons. The van der Waals surface area contributed by atoms with Crippen molar-refractivity contribution < 1.29 is 9.53 Å². The number of fused-ring (bicyclic) bond motifs is 1. The maximum atomic E-state index is 11.6. The highest BCUT2D eigenvalue weighted by Gasteiger charge is 2.41. The lowest BCUT2D eigenvalue weighted by molar-refractivity contribution is -0.118. The molecular weight excluding hydrogens is 563 g/mol. The van der Waals surface area contributed by atoms with Gasteiger partial charge in [-0.1, -0.05) is 73.2 Å². The van der Waals surface area contributed by atoms with Crippen LogP contribution in [0.3, 0.4) is 0 Å². The SMILES string of the molecule is COc1ccc2c(c1)CCC1(CCCCN1CCCC(CCCNC(C)=O)(c1ccccc1)c1ccccc1)C2.Cl.Cl. The van der Waals surface area contributed by atoms with Gasteiger partial charge in [0, 0.05) is 24.4 Å². The van der Waals surface area contributed by atoms with Crippen LogP contribution < -0.4 is 10.1 Å². The molecule has 1 N–H and O–H groups in total. The van der Waals surface area contributed by atoms with Gasteiger partial charge in [0.2, 0.25) is 5.91 Å².